The Kier molecular flexibility index (Phi) is 13.7. The van der Waals surface area contributed by atoms with Gasteiger partial charge in [-0.3, -0.25) is 4.79 Å². The second-order valence-electron chi connectivity index (χ2n) is 10.4. The average molecular weight is 570 g/mol. The lowest BCUT2D eigenvalue weighted by Crippen LogP contribution is -2.36. The van der Waals surface area contributed by atoms with Crippen LogP contribution in [0.25, 0.3) is 0 Å². The van der Waals surface area contributed by atoms with Gasteiger partial charge in [-0.05, 0) is 80.1 Å². The van der Waals surface area contributed by atoms with Crippen LogP contribution in [-0.2, 0) is 11.8 Å². The van der Waals surface area contributed by atoms with Crippen LogP contribution in [0, 0.1) is 17.2 Å². The standard InChI is InChI=1S/C32H47N3O6/c1-8-9-14-35-31(37)26-19-30(41-7)28(39-5)17-23(26)12-15-34-16-13-25(36)20-32(21-33,22(2)3)24-10-11-27(38-4)29(18-24)40-6/h10-11,17-19,22,25,34,36H,8-9,12-16,20H2,1-7H3,(H,35,37). The summed E-state index contributed by atoms with van der Waals surface area (Å²) in [4.78, 5) is 12.9. The number of hydrogen-bond acceptors (Lipinski definition) is 8. The van der Waals surface area contributed by atoms with Crippen molar-refractivity contribution in [2.24, 2.45) is 5.92 Å². The minimum absolute atomic E-state index is 0.0415. The predicted molar refractivity (Wildman–Crippen MR) is 160 cm³/mol. The highest BCUT2D eigenvalue weighted by molar-refractivity contribution is 5.96. The number of hydrogen-bond donors (Lipinski definition) is 3. The van der Waals surface area contributed by atoms with Crippen LogP contribution >= 0.6 is 0 Å². The maximum atomic E-state index is 12.9. The van der Waals surface area contributed by atoms with Gasteiger partial charge in [0.05, 0.1) is 46.0 Å². The van der Waals surface area contributed by atoms with Gasteiger partial charge >= 0.3 is 0 Å². The molecule has 0 spiro atoms. The monoisotopic (exact) mass is 569 g/mol. The Morgan fingerprint density at radius 1 is 0.951 bits per heavy atom. The van der Waals surface area contributed by atoms with E-state index in [0.717, 1.165) is 24.0 Å². The van der Waals surface area contributed by atoms with Gasteiger partial charge in [0.1, 0.15) is 0 Å². The minimum Gasteiger partial charge on any atom is -0.493 e. The molecule has 9 nitrogen and oxygen atoms in total. The molecule has 0 aromatic heterocycles. The summed E-state index contributed by atoms with van der Waals surface area (Å²) >= 11 is 0. The van der Waals surface area contributed by atoms with E-state index in [1.165, 1.54) is 0 Å². The Morgan fingerprint density at radius 3 is 2.17 bits per heavy atom. The van der Waals surface area contributed by atoms with Crippen molar-refractivity contribution in [3.05, 3.63) is 47.0 Å². The van der Waals surface area contributed by atoms with Gasteiger partial charge in [-0.25, -0.2) is 0 Å². The number of aliphatic hydroxyl groups excluding tert-OH is 1. The molecule has 0 radical (unpaired) electrons. The van der Waals surface area contributed by atoms with Crippen LogP contribution < -0.4 is 29.6 Å². The lowest BCUT2D eigenvalue weighted by Gasteiger charge is -2.33. The summed E-state index contributed by atoms with van der Waals surface area (Å²) < 4.78 is 21.7. The summed E-state index contributed by atoms with van der Waals surface area (Å²) in [6, 6.07) is 11.5. The molecule has 0 saturated carbocycles. The van der Waals surface area contributed by atoms with E-state index >= 15 is 0 Å². The number of unbranched alkanes of at least 4 members (excludes halogenated alkanes) is 1. The van der Waals surface area contributed by atoms with E-state index in [0.29, 0.717) is 61.0 Å². The van der Waals surface area contributed by atoms with E-state index in [1.807, 2.05) is 32.0 Å². The van der Waals surface area contributed by atoms with E-state index in [-0.39, 0.29) is 18.2 Å². The zero-order valence-corrected chi connectivity index (χ0v) is 25.6. The molecule has 41 heavy (non-hydrogen) atoms. The fraction of sp³-hybridized carbons (Fsp3) is 0.562. The quantitative estimate of drug-likeness (QED) is 0.222. The number of aliphatic hydroxyl groups is 1. The number of amides is 1. The van der Waals surface area contributed by atoms with Gasteiger partial charge in [0.25, 0.3) is 5.91 Å². The van der Waals surface area contributed by atoms with Crippen LogP contribution in [0.4, 0.5) is 0 Å². The normalized spacial score (nSPS) is 13.2. The Labute approximate surface area is 245 Å². The van der Waals surface area contributed by atoms with E-state index in [2.05, 4.69) is 23.6 Å². The van der Waals surface area contributed by atoms with Gasteiger partial charge in [-0.1, -0.05) is 33.3 Å². The summed E-state index contributed by atoms with van der Waals surface area (Å²) in [6.07, 6.45) is 2.56. The van der Waals surface area contributed by atoms with Gasteiger partial charge < -0.3 is 34.7 Å². The predicted octanol–water partition coefficient (Wildman–Crippen LogP) is 4.64. The molecular formula is C32H47N3O6. The van der Waals surface area contributed by atoms with Crippen molar-refractivity contribution in [1.29, 1.82) is 5.26 Å². The molecule has 0 bridgehead atoms. The number of rotatable bonds is 18. The number of nitrogens with zero attached hydrogens (tertiary/aromatic N) is 1. The van der Waals surface area contributed by atoms with Crippen molar-refractivity contribution in [1.82, 2.24) is 10.6 Å². The van der Waals surface area contributed by atoms with Gasteiger partial charge in [0.2, 0.25) is 0 Å². The van der Waals surface area contributed by atoms with Crippen molar-refractivity contribution < 1.29 is 28.8 Å². The van der Waals surface area contributed by atoms with Gasteiger partial charge in [0, 0.05) is 12.1 Å². The highest BCUT2D eigenvalue weighted by Gasteiger charge is 2.38. The average Bonchev–Trinajstić information content (AvgIpc) is 2.98. The molecule has 3 N–H and O–H groups in total. The molecule has 0 aliphatic heterocycles. The lowest BCUT2D eigenvalue weighted by atomic mass is 9.69. The molecule has 9 heteroatoms. The number of benzene rings is 2. The summed E-state index contributed by atoms with van der Waals surface area (Å²) in [5, 5.41) is 27.6. The van der Waals surface area contributed by atoms with E-state index in [9.17, 15) is 15.2 Å². The summed E-state index contributed by atoms with van der Waals surface area (Å²) in [5.74, 6) is 2.04. The smallest absolute Gasteiger partial charge is 0.251 e. The van der Waals surface area contributed by atoms with Gasteiger partial charge in [-0.2, -0.15) is 5.26 Å². The highest BCUT2D eigenvalue weighted by Crippen LogP contribution is 2.40. The Hall–Kier alpha value is -3.48. The third kappa shape index (κ3) is 8.75. The number of ether oxygens (including phenoxy) is 4. The molecule has 226 valence electrons. The third-order valence-corrected chi connectivity index (χ3v) is 7.54. The summed E-state index contributed by atoms with van der Waals surface area (Å²) in [6.45, 7) is 7.83. The van der Waals surface area contributed by atoms with Crippen molar-refractivity contribution in [3.63, 3.8) is 0 Å². The zero-order chi connectivity index (χ0) is 30.4. The molecule has 0 saturated heterocycles. The number of methoxy groups -OCH3 is 4. The fourth-order valence-corrected chi connectivity index (χ4v) is 4.94. The van der Waals surface area contributed by atoms with Gasteiger partial charge in [-0.15, -0.1) is 0 Å². The van der Waals surface area contributed by atoms with E-state index in [4.69, 9.17) is 18.9 Å². The van der Waals surface area contributed by atoms with Crippen LogP contribution in [-0.4, -0.2) is 65.2 Å². The van der Waals surface area contributed by atoms with Crippen LogP contribution in [0.5, 0.6) is 23.0 Å². The first-order valence-electron chi connectivity index (χ1n) is 14.3. The molecular weight excluding hydrogens is 522 g/mol. The maximum Gasteiger partial charge on any atom is 0.251 e. The van der Waals surface area contributed by atoms with Gasteiger partial charge in [0.15, 0.2) is 23.0 Å². The van der Waals surface area contributed by atoms with Crippen LogP contribution in [0.15, 0.2) is 30.3 Å². The highest BCUT2D eigenvalue weighted by atomic mass is 16.5. The number of carbonyl (C=O) groups excluding carboxylic acids is 1. The Balaban J connectivity index is 2.06. The second-order valence-corrected chi connectivity index (χ2v) is 10.4. The lowest BCUT2D eigenvalue weighted by molar-refractivity contribution is 0.0951. The van der Waals surface area contributed by atoms with Crippen molar-refractivity contribution in [3.8, 4) is 29.1 Å². The Morgan fingerprint density at radius 2 is 1.59 bits per heavy atom. The SMILES string of the molecule is CCCCNC(=O)c1cc(OC)c(OC)cc1CCNCCC(O)CC(C#N)(c1ccc(OC)c(OC)c1)C(C)C. The number of carbonyl (C=O) groups is 1. The third-order valence-electron chi connectivity index (χ3n) is 7.54. The molecule has 2 aromatic rings. The minimum atomic E-state index is -0.890. The first-order chi connectivity index (χ1) is 19.7. The topological polar surface area (TPSA) is 122 Å². The first-order valence-corrected chi connectivity index (χ1v) is 14.3. The molecule has 2 unspecified atom stereocenters. The summed E-state index contributed by atoms with van der Waals surface area (Å²) in [7, 11) is 6.26. The molecule has 2 atom stereocenters. The molecule has 0 heterocycles. The molecule has 0 aliphatic carbocycles. The maximum absolute atomic E-state index is 12.9. The molecule has 2 rings (SSSR count). The molecule has 0 fully saturated rings. The van der Waals surface area contributed by atoms with E-state index in [1.54, 1.807) is 40.6 Å². The largest absolute Gasteiger partial charge is 0.493 e. The second kappa shape index (κ2) is 16.7. The molecule has 2 aromatic carbocycles. The van der Waals surface area contributed by atoms with Crippen molar-refractivity contribution in [2.45, 2.75) is 64.4 Å². The molecule has 1 amide bonds. The van der Waals surface area contributed by atoms with E-state index < -0.39 is 11.5 Å². The molecule has 0 aliphatic rings. The number of nitriles is 1. The van der Waals surface area contributed by atoms with Crippen LogP contribution in [0.3, 0.4) is 0 Å². The Bertz CT molecular complexity index is 1160. The number of nitrogens with one attached hydrogen (secondary N) is 2. The van der Waals surface area contributed by atoms with Crippen molar-refractivity contribution in [2.75, 3.05) is 48.1 Å². The van der Waals surface area contributed by atoms with Crippen LogP contribution in [0.2, 0.25) is 0 Å². The summed E-state index contributed by atoms with van der Waals surface area (Å²) in [5.41, 5.74) is 1.31. The van der Waals surface area contributed by atoms with Crippen molar-refractivity contribution >= 4 is 5.91 Å². The fourth-order valence-electron chi connectivity index (χ4n) is 4.94. The first kappa shape index (κ1) is 33.7. The van der Waals surface area contributed by atoms with Crippen LogP contribution in [0.1, 0.15) is 67.9 Å². The zero-order valence-electron chi connectivity index (χ0n) is 25.6.